The molecule has 1 aliphatic rings. The minimum atomic E-state index is -1.38. The van der Waals surface area contributed by atoms with Gasteiger partial charge in [-0.15, -0.1) is 0 Å². The van der Waals surface area contributed by atoms with E-state index in [0.29, 0.717) is 34.9 Å². The Hall–Kier alpha value is -2.95. The van der Waals surface area contributed by atoms with Gasteiger partial charge in [0.05, 0.1) is 29.7 Å². The van der Waals surface area contributed by atoms with Gasteiger partial charge in [-0.25, -0.2) is 14.2 Å². The fourth-order valence-corrected chi connectivity index (χ4v) is 3.70. The first-order chi connectivity index (χ1) is 14.5. The summed E-state index contributed by atoms with van der Waals surface area (Å²) in [5.41, 5.74) is 6.48. The Bertz CT molecular complexity index is 925. The number of nitrogen functional groups attached to an aromatic ring is 1. The van der Waals surface area contributed by atoms with E-state index in [4.69, 9.17) is 15.2 Å². The molecule has 0 spiro atoms. The third-order valence-electron chi connectivity index (χ3n) is 4.52. The Kier molecular flexibility index (Phi) is 6.63. The number of hydrogen-bond acceptors (Lipinski definition) is 8. The van der Waals surface area contributed by atoms with E-state index in [-0.39, 0.29) is 18.3 Å². The highest BCUT2D eigenvalue weighted by Crippen LogP contribution is 2.24. The van der Waals surface area contributed by atoms with Crippen molar-refractivity contribution in [2.75, 3.05) is 24.1 Å². The molecule has 31 heavy (non-hydrogen) atoms. The van der Waals surface area contributed by atoms with Crippen LogP contribution >= 0.6 is 11.5 Å². The lowest BCUT2D eigenvalue weighted by molar-refractivity contribution is -0.0114. The summed E-state index contributed by atoms with van der Waals surface area (Å²) in [7, 11) is 0. The van der Waals surface area contributed by atoms with Gasteiger partial charge in [-0.3, -0.25) is 4.79 Å². The number of carbonyl (C=O) groups is 2. The molecule has 0 aromatic carbocycles. The highest BCUT2D eigenvalue weighted by Gasteiger charge is 2.35. The molecule has 2 aromatic heterocycles. The second kappa shape index (κ2) is 9.04. The summed E-state index contributed by atoms with van der Waals surface area (Å²) in [5, 5.41) is 3.04. The Labute approximate surface area is 183 Å². The number of alkyl halides is 1. The van der Waals surface area contributed by atoms with E-state index in [2.05, 4.69) is 14.7 Å². The van der Waals surface area contributed by atoms with Crippen LogP contribution in [0.1, 0.15) is 43.2 Å². The fraction of sp³-hybridized carbons (Fsp3) is 0.500. The average Bonchev–Trinajstić information content (AvgIpc) is 3.02. The van der Waals surface area contributed by atoms with Crippen molar-refractivity contribution in [1.82, 2.24) is 14.3 Å². The molecule has 0 aliphatic carbocycles. The molecular formula is C20H26FN5O4S. The molecule has 2 atom stereocenters. The Morgan fingerprint density at radius 2 is 2.10 bits per heavy atom. The summed E-state index contributed by atoms with van der Waals surface area (Å²) in [6, 6.07) is 3.15. The number of nitrogens with zero attached hydrogens (tertiary/aromatic N) is 3. The zero-order chi connectivity index (χ0) is 22.8. The van der Waals surface area contributed by atoms with Crippen LogP contribution in [0.5, 0.6) is 5.88 Å². The Morgan fingerprint density at radius 1 is 1.35 bits per heavy atom. The molecule has 1 fully saturated rings. The van der Waals surface area contributed by atoms with Crippen LogP contribution < -0.4 is 15.8 Å². The number of nitrogens with one attached hydrogen (secondary N) is 1. The van der Waals surface area contributed by atoms with Crippen LogP contribution in [0.3, 0.4) is 0 Å². The van der Waals surface area contributed by atoms with Crippen LogP contribution in [-0.4, -0.2) is 57.2 Å². The molecule has 3 N–H and O–H groups in total. The summed E-state index contributed by atoms with van der Waals surface area (Å²) in [6.45, 7) is 7.21. The van der Waals surface area contributed by atoms with Gasteiger partial charge in [0.15, 0.2) is 6.17 Å². The number of likely N-dealkylation sites (tertiary alicyclic amines) is 1. The molecule has 9 nitrogen and oxygen atoms in total. The van der Waals surface area contributed by atoms with Crippen molar-refractivity contribution < 1.29 is 23.5 Å². The van der Waals surface area contributed by atoms with Crippen molar-refractivity contribution >= 4 is 34.2 Å². The molecule has 2 unspecified atom stereocenters. The first-order valence-corrected chi connectivity index (χ1v) is 10.6. The van der Waals surface area contributed by atoms with Crippen molar-refractivity contribution in [3.05, 3.63) is 29.6 Å². The molecule has 11 heteroatoms. The van der Waals surface area contributed by atoms with Gasteiger partial charge in [0.1, 0.15) is 16.7 Å². The smallest absolute Gasteiger partial charge is 0.410 e. The minimum Gasteiger partial charge on any atom is -0.471 e. The SMILES string of the molecule is Cc1nsc(N)c1C(=O)Nc1ccc(OC2CCN(C(=O)OC(C)(C)C)CC2F)nc1. The lowest BCUT2D eigenvalue weighted by Crippen LogP contribution is -2.50. The summed E-state index contributed by atoms with van der Waals surface area (Å²) in [4.78, 5) is 30.0. The maximum Gasteiger partial charge on any atom is 0.410 e. The van der Waals surface area contributed by atoms with Crippen LogP contribution in [-0.2, 0) is 4.74 Å². The molecule has 3 heterocycles. The number of amides is 2. The normalized spacial score (nSPS) is 19.1. The van der Waals surface area contributed by atoms with Gasteiger partial charge >= 0.3 is 6.09 Å². The number of nitrogens with two attached hydrogens (primary N) is 1. The van der Waals surface area contributed by atoms with Crippen LogP contribution in [0.4, 0.5) is 19.9 Å². The zero-order valence-electron chi connectivity index (χ0n) is 17.8. The molecule has 2 amide bonds. The predicted octanol–water partition coefficient (Wildman–Crippen LogP) is 3.41. The maximum atomic E-state index is 14.6. The lowest BCUT2D eigenvalue weighted by Gasteiger charge is -2.35. The van der Waals surface area contributed by atoms with E-state index >= 15 is 0 Å². The number of ether oxygens (including phenoxy) is 2. The van der Waals surface area contributed by atoms with Gasteiger partial charge in [0.2, 0.25) is 5.88 Å². The number of pyridine rings is 1. The summed E-state index contributed by atoms with van der Waals surface area (Å²) < 4.78 is 29.6. The van der Waals surface area contributed by atoms with Crippen molar-refractivity contribution in [3.63, 3.8) is 0 Å². The molecule has 2 aromatic rings. The average molecular weight is 452 g/mol. The molecule has 0 saturated carbocycles. The zero-order valence-corrected chi connectivity index (χ0v) is 18.7. The van der Waals surface area contributed by atoms with Crippen molar-refractivity contribution in [2.24, 2.45) is 0 Å². The van der Waals surface area contributed by atoms with Gasteiger partial charge in [0.25, 0.3) is 5.91 Å². The van der Waals surface area contributed by atoms with Gasteiger partial charge < -0.3 is 25.4 Å². The fourth-order valence-electron chi connectivity index (χ4n) is 3.04. The van der Waals surface area contributed by atoms with E-state index in [0.717, 1.165) is 11.5 Å². The second-order valence-electron chi connectivity index (χ2n) is 8.23. The number of rotatable bonds is 4. The second-order valence-corrected chi connectivity index (χ2v) is 9.04. The van der Waals surface area contributed by atoms with E-state index in [1.807, 2.05) is 0 Å². The molecule has 1 saturated heterocycles. The number of aryl methyl sites for hydroxylation is 1. The first-order valence-electron chi connectivity index (χ1n) is 9.81. The summed E-state index contributed by atoms with van der Waals surface area (Å²) >= 11 is 1.06. The van der Waals surface area contributed by atoms with Gasteiger partial charge in [-0.1, -0.05) is 0 Å². The Morgan fingerprint density at radius 3 is 2.65 bits per heavy atom. The monoisotopic (exact) mass is 451 g/mol. The largest absolute Gasteiger partial charge is 0.471 e. The molecule has 1 aliphatic heterocycles. The third kappa shape index (κ3) is 5.81. The minimum absolute atomic E-state index is 0.108. The quantitative estimate of drug-likeness (QED) is 0.731. The van der Waals surface area contributed by atoms with Gasteiger partial charge in [-0.2, -0.15) is 4.37 Å². The topological polar surface area (TPSA) is 120 Å². The summed E-state index contributed by atoms with van der Waals surface area (Å²) in [6.07, 6.45) is -0.916. The van der Waals surface area contributed by atoms with Crippen LogP contribution in [0.15, 0.2) is 18.3 Å². The van der Waals surface area contributed by atoms with Crippen molar-refractivity contribution in [2.45, 2.75) is 52.0 Å². The highest BCUT2D eigenvalue weighted by atomic mass is 32.1. The van der Waals surface area contributed by atoms with E-state index < -0.39 is 24.0 Å². The number of hydrogen-bond donors (Lipinski definition) is 2. The van der Waals surface area contributed by atoms with E-state index in [9.17, 15) is 14.0 Å². The van der Waals surface area contributed by atoms with Gasteiger partial charge in [-0.05, 0) is 45.3 Å². The molecule has 0 bridgehead atoms. The highest BCUT2D eigenvalue weighted by molar-refractivity contribution is 7.10. The van der Waals surface area contributed by atoms with Crippen LogP contribution in [0.2, 0.25) is 0 Å². The van der Waals surface area contributed by atoms with Crippen molar-refractivity contribution in [1.29, 1.82) is 0 Å². The number of aromatic nitrogens is 2. The van der Waals surface area contributed by atoms with E-state index in [1.54, 1.807) is 39.8 Å². The molecule has 3 rings (SSSR count). The lowest BCUT2D eigenvalue weighted by atomic mass is 10.1. The predicted molar refractivity (Wildman–Crippen MR) is 115 cm³/mol. The van der Waals surface area contributed by atoms with Gasteiger partial charge in [0, 0.05) is 19.0 Å². The molecular weight excluding hydrogens is 425 g/mol. The van der Waals surface area contributed by atoms with Crippen LogP contribution in [0, 0.1) is 6.92 Å². The number of anilines is 2. The molecule has 168 valence electrons. The number of halogens is 1. The number of piperidine rings is 1. The van der Waals surface area contributed by atoms with Crippen molar-refractivity contribution in [3.8, 4) is 5.88 Å². The standard InChI is InChI=1S/C20H26FN5O4S/c1-11-16(17(22)31-25-11)18(27)24-12-5-6-15(23-9-12)29-14-7-8-26(10-13(14)21)19(28)30-20(2,3)4/h5-6,9,13-14H,7-8,10,22H2,1-4H3,(H,24,27). The maximum absolute atomic E-state index is 14.6. The first kappa shape index (κ1) is 22.7. The summed E-state index contributed by atoms with van der Waals surface area (Å²) in [5.74, 6) is -0.151. The molecule has 0 radical (unpaired) electrons. The van der Waals surface area contributed by atoms with Crippen LogP contribution in [0.25, 0.3) is 0 Å². The number of carbonyl (C=O) groups excluding carboxylic acids is 2. The van der Waals surface area contributed by atoms with E-state index in [1.165, 1.54) is 11.1 Å². The Balaban J connectivity index is 1.54. The third-order valence-corrected chi connectivity index (χ3v) is 5.28.